The number of nitrogens with two attached hydrogens (primary N) is 1. The lowest BCUT2D eigenvalue weighted by Crippen LogP contribution is -2.20. The Hall–Kier alpha value is -2.95. The molecule has 0 atom stereocenters. The first-order valence-corrected chi connectivity index (χ1v) is 9.02. The zero-order valence-corrected chi connectivity index (χ0v) is 15.8. The first-order chi connectivity index (χ1) is 12.9. The SMILES string of the molecule is CN1/C(=C(\C#N)C(=O)COc2ccc(Cl)cc2C(N)=O)Sc2ccccc21. The van der Waals surface area contributed by atoms with Crippen molar-refractivity contribution in [1.29, 1.82) is 5.26 Å². The highest BCUT2D eigenvalue weighted by molar-refractivity contribution is 8.03. The van der Waals surface area contributed by atoms with Crippen molar-refractivity contribution in [1.82, 2.24) is 0 Å². The number of primary amides is 1. The highest BCUT2D eigenvalue weighted by Gasteiger charge is 2.28. The van der Waals surface area contributed by atoms with Crippen LogP contribution in [0.4, 0.5) is 5.69 Å². The quantitative estimate of drug-likeness (QED) is 0.611. The molecule has 0 aromatic heterocycles. The van der Waals surface area contributed by atoms with Gasteiger partial charge in [-0.1, -0.05) is 35.5 Å². The molecule has 2 aromatic rings. The van der Waals surface area contributed by atoms with Crippen molar-refractivity contribution < 1.29 is 14.3 Å². The van der Waals surface area contributed by atoms with Crippen LogP contribution in [-0.4, -0.2) is 25.3 Å². The van der Waals surface area contributed by atoms with Gasteiger partial charge in [0.2, 0.25) is 5.78 Å². The van der Waals surface area contributed by atoms with Gasteiger partial charge in [0, 0.05) is 17.0 Å². The molecular formula is C19H14ClN3O3S. The van der Waals surface area contributed by atoms with E-state index in [-0.39, 0.29) is 16.9 Å². The molecule has 1 aliphatic rings. The second-order valence-electron chi connectivity index (χ2n) is 5.64. The highest BCUT2D eigenvalue weighted by Crippen LogP contribution is 2.46. The molecule has 0 radical (unpaired) electrons. The van der Waals surface area contributed by atoms with E-state index in [2.05, 4.69) is 0 Å². The molecule has 8 heteroatoms. The van der Waals surface area contributed by atoms with Gasteiger partial charge in [0.15, 0.2) is 6.61 Å². The summed E-state index contributed by atoms with van der Waals surface area (Å²) in [6.07, 6.45) is 0. The van der Waals surface area contributed by atoms with E-state index in [1.54, 1.807) is 11.9 Å². The number of benzene rings is 2. The number of hydrogen-bond donors (Lipinski definition) is 1. The van der Waals surface area contributed by atoms with Gasteiger partial charge in [-0.3, -0.25) is 9.59 Å². The lowest BCUT2D eigenvalue weighted by atomic mass is 10.2. The van der Waals surface area contributed by atoms with E-state index in [4.69, 9.17) is 22.1 Å². The Morgan fingerprint density at radius 3 is 2.70 bits per heavy atom. The van der Waals surface area contributed by atoms with Gasteiger partial charge in [-0.2, -0.15) is 5.26 Å². The summed E-state index contributed by atoms with van der Waals surface area (Å²) in [4.78, 5) is 26.9. The Balaban J connectivity index is 1.82. The molecule has 0 saturated heterocycles. The van der Waals surface area contributed by atoms with Gasteiger partial charge in [0.25, 0.3) is 5.91 Å². The third-order valence-corrected chi connectivity index (χ3v) is 5.38. The molecule has 1 heterocycles. The van der Waals surface area contributed by atoms with Crippen molar-refractivity contribution in [2.75, 3.05) is 18.6 Å². The predicted octanol–water partition coefficient (Wildman–Crippen LogP) is 3.36. The average molecular weight is 400 g/mol. The summed E-state index contributed by atoms with van der Waals surface area (Å²) in [7, 11) is 1.80. The maximum Gasteiger partial charge on any atom is 0.252 e. The molecule has 0 aliphatic carbocycles. The van der Waals surface area contributed by atoms with Crippen LogP contribution in [0.5, 0.6) is 5.75 Å². The van der Waals surface area contributed by atoms with Crippen molar-refractivity contribution in [3.05, 3.63) is 63.7 Å². The maximum absolute atomic E-state index is 12.6. The maximum atomic E-state index is 12.6. The number of rotatable bonds is 5. The number of ether oxygens (including phenoxy) is 1. The summed E-state index contributed by atoms with van der Waals surface area (Å²) in [5.74, 6) is -1.08. The van der Waals surface area contributed by atoms with Gasteiger partial charge in [0.1, 0.15) is 22.4 Å². The minimum Gasteiger partial charge on any atom is -0.485 e. The summed E-state index contributed by atoms with van der Waals surface area (Å²) >= 11 is 7.21. The van der Waals surface area contributed by atoms with Gasteiger partial charge < -0.3 is 15.4 Å². The number of amides is 1. The van der Waals surface area contributed by atoms with E-state index in [9.17, 15) is 14.9 Å². The number of carbonyl (C=O) groups is 2. The van der Waals surface area contributed by atoms with E-state index in [0.29, 0.717) is 10.1 Å². The van der Waals surface area contributed by atoms with Crippen LogP contribution in [-0.2, 0) is 4.79 Å². The van der Waals surface area contributed by atoms with Crippen LogP contribution < -0.4 is 15.4 Å². The second-order valence-corrected chi connectivity index (χ2v) is 7.10. The molecule has 2 aromatic carbocycles. The van der Waals surface area contributed by atoms with E-state index in [1.165, 1.54) is 30.0 Å². The largest absolute Gasteiger partial charge is 0.485 e. The normalized spacial score (nSPS) is 14.3. The number of halogens is 1. The Morgan fingerprint density at radius 2 is 2.04 bits per heavy atom. The Kier molecular flexibility index (Phi) is 5.40. The van der Waals surface area contributed by atoms with Crippen LogP contribution in [0.1, 0.15) is 10.4 Å². The number of ketones is 1. The number of carbonyl (C=O) groups excluding carboxylic acids is 2. The van der Waals surface area contributed by atoms with Crippen LogP contribution in [0.25, 0.3) is 0 Å². The molecule has 1 amide bonds. The summed E-state index contributed by atoms with van der Waals surface area (Å²) in [5, 5.41) is 10.4. The van der Waals surface area contributed by atoms with Crippen molar-refractivity contribution in [3.8, 4) is 11.8 Å². The monoisotopic (exact) mass is 399 g/mol. The number of hydrogen-bond acceptors (Lipinski definition) is 6. The molecule has 27 heavy (non-hydrogen) atoms. The van der Waals surface area contributed by atoms with Gasteiger partial charge >= 0.3 is 0 Å². The van der Waals surface area contributed by atoms with Crippen LogP contribution >= 0.6 is 23.4 Å². The molecule has 3 rings (SSSR count). The number of nitrogens with zero attached hydrogens (tertiary/aromatic N) is 2. The van der Waals surface area contributed by atoms with E-state index >= 15 is 0 Å². The van der Waals surface area contributed by atoms with Gasteiger partial charge in [-0.05, 0) is 30.3 Å². The molecule has 136 valence electrons. The van der Waals surface area contributed by atoms with Crippen molar-refractivity contribution in [3.63, 3.8) is 0 Å². The first kappa shape index (κ1) is 18.8. The summed E-state index contributed by atoms with van der Waals surface area (Å²) in [6.45, 7) is -0.404. The highest BCUT2D eigenvalue weighted by atomic mass is 35.5. The molecule has 0 saturated carbocycles. The van der Waals surface area contributed by atoms with Crippen molar-refractivity contribution in [2.24, 2.45) is 5.73 Å². The smallest absolute Gasteiger partial charge is 0.252 e. The van der Waals surface area contributed by atoms with Gasteiger partial charge in [0.05, 0.1) is 11.3 Å². The van der Waals surface area contributed by atoms with Gasteiger partial charge in [-0.15, -0.1) is 0 Å². The molecular weight excluding hydrogens is 386 g/mol. The third-order valence-electron chi connectivity index (χ3n) is 3.91. The van der Waals surface area contributed by atoms with Crippen LogP contribution in [0.15, 0.2) is 58.0 Å². The molecule has 0 bridgehead atoms. The molecule has 2 N–H and O–H groups in total. The van der Waals surface area contributed by atoms with E-state index in [1.807, 2.05) is 30.3 Å². The lowest BCUT2D eigenvalue weighted by molar-refractivity contribution is -0.117. The molecule has 0 fully saturated rings. The van der Waals surface area contributed by atoms with Crippen LogP contribution in [0.3, 0.4) is 0 Å². The lowest BCUT2D eigenvalue weighted by Gasteiger charge is -2.15. The predicted molar refractivity (Wildman–Crippen MR) is 104 cm³/mol. The number of nitriles is 1. The van der Waals surface area contributed by atoms with Crippen molar-refractivity contribution >= 4 is 40.7 Å². The zero-order valence-electron chi connectivity index (χ0n) is 14.2. The van der Waals surface area contributed by atoms with Crippen LogP contribution in [0, 0.1) is 11.3 Å². The fraction of sp³-hybridized carbons (Fsp3) is 0.105. The molecule has 6 nitrogen and oxygen atoms in total. The zero-order chi connectivity index (χ0) is 19.6. The topological polar surface area (TPSA) is 96.4 Å². The Bertz CT molecular complexity index is 1010. The number of para-hydroxylation sites is 1. The third kappa shape index (κ3) is 3.77. The second kappa shape index (κ2) is 7.74. The van der Waals surface area contributed by atoms with E-state index < -0.39 is 18.3 Å². The molecule has 0 unspecified atom stereocenters. The van der Waals surface area contributed by atoms with Gasteiger partial charge in [-0.25, -0.2) is 0 Å². The summed E-state index contributed by atoms with van der Waals surface area (Å²) in [6, 6.07) is 13.9. The average Bonchev–Trinajstić information content (AvgIpc) is 2.98. The number of Topliss-reactive ketones (excluding diaryl/α,β-unsaturated/α-hetero) is 1. The minimum atomic E-state index is -0.722. The number of thioether (sulfide) groups is 1. The minimum absolute atomic E-state index is 0.00621. The number of anilines is 1. The summed E-state index contributed by atoms with van der Waals surface area (Å²) < 4.78 is 5.45. The Labute approximate surface area is 165 Å². The van der Waals surface area contributed by atoms with Crippen molar-refractivity contribution in [2.45, 2.75) is 4.90 Å². The first-order valence-electron chi connectivity index (χ1n) is 7.82. The summed E-state index contributed by atoms with van der Waals surface area (Å²) in [5.41, 5.74) is 6.30. The fourth-order valence-electron chi connectivity index (χ4n) is 2.59. The van der Waals surface area contributed by atoms with Crippen LogP contribution in [0.2, 0.25) is 5.02 Å². The molecule has 1 aliphatic heterocycles. The molecule has 0 spiro atoms. The fourth-order valence-corrected chi connectivity index (χ4v) is 3.92. The van der Waals surface area contributed by atoms with E-state index in [0.717, 1.165) is 10.6 Å². The standard InChI is InChI=1S/C19H14ClN3O3S/c1-23-14-4-2-3-5-17(14)27-19(23)13(9-21)15(24)10-26-16-7-6-11(20)8-12(16)18(22)25/h2-8H,10H2,1H3,(H2,22,25)/b19-13-. The Morgan fingerprint density at radius 1 is 1.30 bits per heavy atom. The number of fused-ring (bicyclic) bond motifs is 1.